The molecule has 1 saturated heterocycles. The minimum atomic E-state index is -0.136. The van der Waals surface area contributed by atoms with E-state index in [4.69, 9.17) is 0 Å². The highest BCUT2D eigenvalue weighted by Crippen LogP contribution is 2.26. The molecule has 1 aliphatic heterocycles. The zero-order valence-corrected chi connectivity index (χ0v) is 13.1. The Morgan fingerprint density at radius 3 is 2.79 bits per heavy atom. The molecule has 1 N–H and O–H groups in total. The molecular weight excluding hydrogens is 306 g/mol. The van der Waals surface area contributed by atoms with Gasteiger partial charge < -0.3 is 9.88 Å². The maximum Gasteiger partial charge on any atom is 0.274 e. The Kier molecular flexibility index (Phi) is 3.60. The van der Waals surface area contributed by atoms with Crippen molar-refractivity contribution in [2.24, 2.45) is 0 Å². The van der Waals surface area contributed by atoms with Gasteiger partial charge in [0.1, 0.15) is 0 Å². The van der Waals surface area contributed by atoms with Gasteiger partial charge in [0.05, 0.1) is 17.5 Å². The lowest BCUT2D eigenvalue weighted by Gasteiger charge is -2.31. The van der Waals surface area contributed by atoms with Crippen LogP contribution in [-0.4, -0.2) is 43.5 Å². The Morgan fingerprint density at radius 2 is 2.04 bits per heavy atom. The van der Waals surface area contributed by atoms with Crippen LogP contribution >= 0.6 is 0 Å². The van der Waals surface area contributed by atoms with Crippen LogP contribution in [0.4, 0.5) is 0 Å². The van der Waals surface area contributed by atoms with Crippen LogP contribution in [0.25, 0.3) is 5.52 Å². The number of carbonyl (C=O) groups excluding carboxylic acids is 1. The molecule has 4 rings (SSSR count). The molecule has 1 amide bonds. The highest BCUT2D eigenvalue weighted by Gasteiger charge is 2.26. The van der Waals surface area contributed by atoms with Crippen molar-refractivity contribution in [1.29, 1.82) is 0 Å². The van der Waals surface area contributed by atoms with Crippen LogP contribution in [0.3, 0.4) is 0 Å². The summed E-state index contributed by atoms with van der Waals surface area (Å²) in [7, 11) is 0. The van der Waals surface area contributed by atoms with Crippen molar-refractivity contribution < 1.29 is 4.79 Å². The highest BCUT2D eigenvalue weighted by molar-refractivity contribution is 5.93. The van der Waals surface area contributed by atoms with E-state index in [1.54, 1.807) is 10.6 Å². The average Bonchev–Trinajstić information content (AvgIpc) is 3.05. The van der Waals surface area contributed by atoms with Crippen LogP contribution in [0.15, 0.2) is 47.7 Å². The zero-order valence-electron chi connectivity index (χ0n) is 13.1. The third kappa shape index (κ3) is 2.68. The van der Waals surface area contributed by atoms with E-state index >= 15 is 0 Å². The standard InChI is InChI=1S/C17H17N5O2/c23-16-10-14(18-11-19-16)12-4-7-21(8-5-12)17(24)15-9-13-3-1-2-6-22(13)20-15/h1-3,6,9-12H,4-5,7-8H2,(H,18,19,23). The average molecular weight is 323 g/mol. The van der Waals surface area contributed by atoms with Gasteiger partial charge in [-0.05, 0) is 31.0 Å². The molecule has 0 bridgehead atoms. The van der Waals surface area contributed by atoms with Crippen LogP contribution in [-0.2, 0) is 0 Å². The van der Waals surface area contributed by atoms with Gasteiger partial charge in [-0.3, -0.25) is 9.59 Å². The molecule has 0 aliphatic carbocycles. The largest absolute Gasteiger partial charge is 0.337 e. The number of hydrogen-bond acceptors (Lipinski definition) is 4. The van der Waals surface area contributed by atoms with Crippen LogP contribution in [0.5, 0.6) is 0 Å². The number of rotatable bonds is 2. The van der Waals surface area contributed by atoms with Crippen LogP contribution in [0, 0.1) is 0 Å². The van der Waals surface area contributed by atoms with E-state index in [2.05, 4.69) is 15.1 Å². The molecule has 3 aromatic heterocycles. The van der Waals surface area contributed by atoms with Crippen molar-refractivity contribution in [1.82, 2.24) is 24.5 Å². The van der Waals surface area contributed by atoms with Crippen molar-refractivity contribution in [2.45, 2.75) is 18.8 Å². The van der Waals surface area contributed by atoms with Gasteiger partial charge in [0.25, 0.3) is 11.5 Å². The van der Waals surface area contributed by atoms with E-state index in [1.165, 1.54) is 6.33 Å². The molecule has 7 nitrogen and oxygen atoms in total. The van der Waals surface area contributed by atoms with Crippen molar-refractivity contribution in [3.05, 3.63) is 64.6 Å². The number of likely N-dealkylation sites (tertiary alicyclic amines) is 1. The number of aromatic nitrogens is 4. The molecule has 0 atom stereocenters. The fourth-order valence-corrected chi connectivity index (χ4v) is 3.19. The van der Waals surface area contributed by atoms with Crippen LogP contribution < -0.4 is 5.56 Å². The number of hydrogen-bond donors (Lipinski definition) is 1. The van der Waals surface area contributed by atoms with E-state index in [0.29, 0.717) is 18.8 Å². The van der Waals surface area contributed by atoms with Gasteiger partial charge in [-0.25, -0.2) is 9.50 Å². The summed E-state index contributed by atoms with van der Waals surface area (Å²) in [5, 5.41) is 4.34. The fraction of sp³-hybridized carbons (Fsp3) is 0.294. The molecule has 7 heteroatoms. The van der Waals surface area contributed by atoms with E-state index in [0.717, 1.165) is 24.1 Å². The second kappa shape index (κ2) is 5.92. The van der Waals surface area contributed by atoms with Crippen molar-refractivity contribution in [3.8, 4) is 0 Å². The lowest BCUT2D eigenvalue weighted by Crippen LogP contribution is -2.38. The van der Waals surface area contributed by atoms with Gasteiger partial charge in [0.2, 0.25) is 0 Å². The predicted molar refractivity (Wildman–Crippen MR) is 87.9 cm³/mol. The van der Waals surface area contributed by atoms with Gasteiger partial charge in [0.15, 0.2) is 5.69 Å². The monoisotopic (exact) mass is 323 g/mol. The van der Waals surface area contributed by atoms with E-state index in [9.17, 15) is 9.59 Å². The molecule has 0 spiro atoms. The summed E-state index contributed by atoms with van der Waals surface area (Å²) in [6.45, 7) is 1.29. The number of nitrogens with one attached hydrogen (secondary N) is 1. The smallest absolute Gasteiger partial charge is 0.274 e. The van der Waals surface area contributed by atoms with Crippen LogP contribution in [0.2, 0.25) is 0 Å². The molecule has 0 saturated carbocycles. The maximum atomic E-state index is 12.6. The van der Waals surface area contributed by atoms with E-state index in [-0.39, 0.29) is 17.4 Å². The Bertz CT molecular complexity index is 904. The summed E-state index contributed by atoms with van der Waals surface area (Å²) in [4.78, 5) is 32.7. The Morgan fingerprint density at radius 1 is 1.21 bits per heavy atom. The van der Waals surface area contributed by atoms with Gasteiger partial charge in [-0.1, -0.05) is 6.07 Å². The van der Waals surface area contributed by atoms with Gasteiger partial charge >= 0.3 is 0 Å². The lowest BCUT2D eigenvalue weighted by molar-refractivity contribution is 0.0705. The summed E-state index contributed by atoms with van der Waals surface area (Å²) in [6.07, 6.45) is 4.87. The highest BCUT2D eigenvalue weighted by atomic mass is 16.2. The quantitative estimate of drug-likeness (QED) is 0.773. The normalized spacial score (nSPS) is 15.8. The molecule has 1 aliphatic rings. The fourth-order valence-electron chi connectivity index (χ4n) is 3.19. The molecule has 3 aromatic rings. The van der Waals surface area contributed by atoms with Gasteiger partial charge in [0, 0.05) is 31.3 Å². The number of H-pyrrole nitrogens is 1. The third-order valence-corrected chi connectivity index (χ3v) is 4.49. The van der Waals surface area contributed by atoms with Crippen molar-refractivity contribution >= 4 is 11.4 Å². The molecule has 122 valence electrons. The molecule has 4 heterocycles. The maximum absolute atomic E-state index is 12.6. The molecular formula is C17H17N5O2. The SMILES string of the molecule is O=C(c1cc2ccccn2n1)N1CCC(c2cc(=O)[nH]cn2)CC1. The Labute approximate surface area is 138 Å². The topological polar surface area (TPSA) is 83.4 Å². The molecule has 24 heavy (non-hydrogen) atoms. The second-order valence-electron chi connectivity index (χ2n) is 6.00. The minimum absolute atomic E-state index is 0.0454. The van der Waals surface area contributed by atoms with Gasteiger partial charge in [-0.15, -0.1) is 0 Å². The summed E-state index contributed by atoms with van der Waals surface area (Å²) < 4.78 is 1.71. The number of amides is 1. The predicted octanol–water partition coefficient (Wildman–Crippen LogP) is 1.44. The molecule has 0 radical (unpaired) electrons. The first-order valence-corrected chi connectivity index (χ1v) is 7.99. The van der Waals surface area contributed by atoms with Crippen LogP contribution in [0.1, 0.15) is 34.9 Å². The number of piperidine rings is 1. The first-order chi connectivity index (χ1) is 11.7. The summed E-state index contributed by atoms with van der Waals surface area (Å²) >= 11 is 0. The molecule has 0 aromatic carbocycles. The Hall–Kier alpha value is -2.96. The third-order valence-electron chi connectivity index (χ3n) is 4.49. The molecule has 0 unspecified atom stereocenters. The lowest BCUT2D eigenvalue weighted by atomic mass is 9.93. The zero-order chi connectivity index (χ0) is 16.5. The first kappa shape index (κ1) is 14.6. The summed E-state index contributed by atoms with van der Waals surface area (Å²) in [5.74, 6) is 0.174. The van der Waals surface area contributed by atoms with E-state index < -0.39 is 0 Å². The summed E-state index contributed by atoms with van der Waals surface area (Å²) in [6, 6.07) is 9.09. The second-order valence-corrected chi connectivity index (χ2v) is 6.00. The van der Waals surface area contributed by atoms with E-state index in [1.807, 2.05) is 35.4 Å². The summed E-state index contributed by atoms with van der Waals surface area (Å²) in [5.41, 5.74) is 2.04. The van der Waals surface area contributed by atoms with Gasteiger partial charge in [-0.2, -0.15) is 5.10 Å². The number of pyridine rings is 1. The minimum Gasteiger partial charge on any atom is -0.337 e. The number of carbonyl (C=O) groups is 1. The number of aromatic amines is 1. The number of fused-ring (bicyclic) bond motifs is 1. The first-order valence-electron chi connectivity index (χ1n) is 7.99. The molecule has 1 fully saturated rings. The Balaban J connectivity index is 1.47. The number of nitrogens with zero attached hydrogens (tertiary/aromatic N) is 4. The van der Waals surface area contributed by atoms with Crippen molar-refractivity contribution in [3.63, 3.8) is 0 Å². The van der Waals surface area contributed by atoms with Crippen molar-refractivity contribution in [2.75, 3.05) is 13.1 Å².